The lowest BCUT2D eigenvalue weighted by atomic mass is 10.2. The number of aromatic nitrogens is 2. The van der Waals surface area contributed by atoms with Crippen LogP contribution >= 0.6 is 23.2 Å². The maximum absolute atomic E-state index is 12.6. The van der Waals surface area contributed by atoms with Gasteiger partial charge in [0.2, 0.25) is 0 Å². The third-order valence-electron chi connectivity index (χ3n) is 3.00. The normalized spacial score (nSPS) is 11.3. The van der Waals surface area contributed by atoms with Gasteiger partial charge >= 0.3 is 5.97 Å². The van der Waals surface area contributed by atoms with Gasteiger partial charge in [-0.1, -0.05) is 23.2 Å². The number of benzene rings is 1. The molecule has 0 fully saturated rings. The lowest BCUT2D eigenvalue weighted by Crippen LogP contribution is -2.17. The van der Waals surface area contributed by atoms with Gasteiger partial charge in [-0.15, -0.1) is 0 Å². The fourth-order valence-corrected chi connectivity index (χ4v) is 4.00. The van der Waals surface area contributed by atoms with Gasteiger partial charge < -0.3 is 4.74 Å². The first kappa shape index (κ1) is 17.6. The number of ether oxygens (including phenoxy) is 1. The molecule has 0 atom stereocenters. The Hall–Kier alpha value is -1.77. The van der Waals surface area contributed by atoms with Crippen LogP contribution < -0.4 is 4.72 Å². The van der Waals surface area contributed by atoms with Crippen LogP contribution in [-0.4, -0.2) is 31.3 Å². The molecule has 10 heteroatoms. The highest BCUT2D eigenvalue weighted by molar-refractivity contribution is 7.92. The van der Waals surface area contributed by atoms with E-state index < -0.39 is 16.0 Å². The van der Waals surface area contributed by atoms with E-state index in [9.17, 15) is 13.2 Å². The third kappa shape index (κ3) is 3.44. The molecule has 0 unspecified atom stereocenters. The summed E-state index contributed by atoms with van der Waals surface area (Å²) >= 11 is 11.9. The molecule has 124 valence electrons. The summed E-state index contributed by atoms with van der Waals surface area (Å²) in [7, 11) is -1.35. The molecule has 1 heterocycles. The largest absolute Gasteiger partial charge is 0.465 e. The molecule has 0 radical (unpaired) electrons. The zero-order chi connectivity index (χ0) is 17.4. The van der Waals surface area contributed by atoms with Crippen LogP contribution in [0.4, 0.5) is 5.69 Å². The molecule has 7 nitrogen and oxygen atoms in total. The lowest BCUT2D eigenvalue weighted by Gasteiger charge is -2.12. The molecule has 2 rings (SSSR count). The van der Waals surface area contributed by atoms with E-state index >= 15 is 0 Å². The van der Waals surface area contributed by atoms with Gasteiger partial charge in [-0.05, 0) is 25.1 Å². The van der Waals surface area contributed by atoms with Gasteiger partial charge in [0.1, 0.15) is 10.0 Å². The van der Waals surface area contributed by atoms with E-state index in [0.29, 0.717) is 0 Å². The second kappa shape index (κ2) is 6.38. The predicted octanol–water partition coefficient (Wildman–Crippen LogP) is 2.62. The SMILES string of the molecule is COC(=O)c1ccc(Cl)cc1NS(=O)(=O)c1c(C)nn(C)c1Cl. The maximum Gasteiger partial charge on any atom is 0.339 e. The van der Waals surface area contributed by atoms with E-state index in [1.165, 1.54) is 44.0 Å². The molecular weight excluding hydrogens is 365 g/mol. The van der Waals surface area contributed by atoms with Crippen molar-refractivity contribution in [2.75, 3.05) is 11.8 Å². The second-order valence-corrected chi connectivity index (χ2v) is 7.03. The number of carbonyl (C=O) groups excluding carboxylic acids is 1. The lowest BCUT2D eigenvalue weighted by molar-refractivity contribution is 0.0602. The van der Waals surface area contributed by atoms with Gasteiger partial charge in [0.05, 0.1) is 24.1 Å². The molecule has 1 aromatic heterocycles. The van der Waals surface area contributed by atoms with Crippen LogP contribution in [0.3, 0.4) is 0 Å². The molecule has 1 N–H and O–H groups in total. The molecule has 1 aromatic carbocycles. The Balaban J connectivity index is 2.53. The summed E-state index contributed by atoms with van der Waals surface area (Å²) in [6.45, 7) is 1.51. The number of anilines is 1. The Morgan fingerprint density at radius 2 is 2.00 bits per heavy atom. The number of methoxy groups -OCH3 is 1. The fraction of sp³-hybridized carbons (Fsp3) is 0.231. The number of hydrogen-bond acceptors (Lipinski definition) is 5. The first-order valence-electron chi connectivity index (χ1n) is 6.27. The number of aryl methyl sites for hydroxylation is 2. The van der Waals surface area contributed by atoms with Gasteiger partial charge in [0.25, 0.3) is 10.0 Å². The number of hydrogen-bond donors (Lipinski definition) is 1. The van der Waals surface area contributed by atoms with Crippen LogP contribution in [0.25, 0.3) is 0 Å². The molecule has 0 aliphatic carbocycles. The minimum Gasteiger partial charge on any atom is -0.465 e. The summed E-state index contributed by atoms with van der Waals surface area (Å²) in [6, 6.07) is 4.13. The van der Waals surface area contributed by atoms with E-state index in [2.05, 4.69) is 14.6 Å². The Morgan fingerprint density at radius 3 is 2.52 bits per heavy atom. The van der Waals surface area contributed by atoms with Crippen molar-refractivity contribution in [1.82, 2.24) is 9.78 Å². The van der Waals surface area contributed by atoms with Crippen molar-refractivity contribution in [2.45, 2.75) is 11.8 Å². The van der Waals surface area contributed by atoms with Crippen LogP contribution in [-0.2, 0) is 21.8 Å². The summed E-state index contributed by atoms with van der Waals surface area (Å²) in [5.41, 5.74) is 0.244. The van der Waals surface area contributed by atoms with Gasteiger partial charge in [-0.3, -0.25) is 9.40 Å². The third-order valence-corrected chi connectivity index (χ3v) is 5.30. The molecule has 0 saturated heterocycles. The van der Waals surface area contributed by atoms with Crippen LogP contribution in [0.5, 0.6) is 0 Å². The Kier molecular flexibility index (Phi) is 4.88. The molecule has 0 amide bonds. The molecule has 0 spiro atoms. The topological polar surface area (TPSA) is 90.3 Å². The Morgan fingerprint density at radius 1 is 1.35 bits per heavy atom. The van der Waals surface area contributed by atoms with Gasteiger partial charge in [0, 0.05) is 12.1 Å². The Bertz CT molecular complexity index is 878. The highest BCUT2D eigenvalue weighted by Crippen LogP contribution is 2.29. The smallest absolute Gasteiger partial charge is 0.339 e. The molecular formula is C13H13Cl2N3O4S. The first-order chi connectivity index (χ1) is 10.7. The molecule has 0 aliphatic heterocycles. The highest BCUT2D eigenvalue weighted by Gasteiger charge is 2.27. The summed E-state index contributed by atoms with van der Waals surface area (Å²) in [6.07, 6.45) is 0. The summed E-state index contributed by atoms with van der Waals surface area (Å²) < 4.78 is 33.3. The molecule has 0 bridgehead atoms. The van der Waals surface area contributed by atoms with Crippen LogP contribution in [0.15, 0.2) is 23.1 Å². The van der Waals surface area contributed by atoms with Crippen molar-refractivity contribution in [1.29, 1.82) is 0 Å². The number of carbonyl (C=O) groups is 1. The van der Waals surface area contributed by atoms with Crippen molar-refractivity contribution in [3.63, 3.8) is 0 Å². The second-order valence-electron chi connectivity index (χ2n) is 4.62. The standard InChI is InChI=1S/C13H13Cl2N3O4S/c1-7-11(12(15)18(2)16-7)23(20,21)17-10-6-8(14)4-5-9(10)13(19)22-3/h4-6,17H,1-3H3. The summed E-state index contributed by atoms with van der Waals surface area (Å²) in [4.78, 5) is 11.6. The van der Waals surface area contributed by atoms with Gasteiger partial charge in [-0.2, -0.15) is 5.10 Å². The van der Waals surface area contributed by atoms with Crippen molar-refractivity contribution in [3.8, 4) is 0 Å². The average molecular weight is 378 g/mol. The van der Waals surface area contributed by atoms with Crippen molar-refractivity contribution in [2.24, 2.45) is 7.05 Å². The fourth-order valence-electron chi connectivity index (χ4n) is 2.00. The van der Waals surface area contributed by atoms with Crippen LogP contribution in [0, 0.1) is 6.92 Å². The quantitative estimate of drug-likeness (QED) is 0.826. The molecule has 0 saturated carbocycles. The molecule has 23 heavy (non-hydrogen) atoms. The minimum absolute atomic E-state index is 0.0105. The number of nitrogens with one attached hydrogen (secondary N) is 1. The number of rotatable bonds is 4. The minimum atomic E-state index is -4.07. The Labute approximate surface area is 143 Å². The number of esters is 1. The first-order valence-corrected chi connectivity index (χ1v) is 8.51. The van der Waals surface area contributed by atoms with Crippen LogP contribution in [0.2, 0.25) is 10.2 Å². The average Bonchev–Trinajstić information content (AvgIpc) is 2.71. The summed E-state index contributed by atoms with van der Waals surface area (Å²) in [5.74, 6) is -0.701. The number of sulfonamides is 1. The monoisotopic (exact) mass is 377 g/mol. The van der Waals surface area contributed by atoms with Crippen molar-refractivity contribution >= 4 is 44.9 Å². The van der Waals surface area contributed by atoms with E-state index in [1.807, 2.05) is 0 Å². The maximum atomic E-state index is 12.6. The predicted molar refractivity (Wildman–Crippen MR) is 86.6 cm³/mol. The van der Waals surface area contributed by atoms with Gasteiger partial charge in [-0.25, -0.2) is 13.2 Å². The number of halogens is 2. The summed E-state index contributed by atoms with van der Waals surface area (Å²) in [5, 5.41) is 4.17. The van der Waals surface area contributed by atoms with E-state index in [4.69, 9.17) is 23.2 Å². The van der Waals surface area contributed by atoms with Crippen molar-refractivity contribution < 1.29 is 17.9 Å². The van der Waals surface area contributed by atoms with E-state index in [0.717, 1.165) is 0 Å². The van der Waals surface area contributed by atoms with E-state index in [-0.39, 0.29) is 32.0 Å². The molecule has 2 aromatic rings. The van der Waals surface area contributed by atoms with Crippen LogP contribution in [0.1, 0.15) is 16.1 Å². The van der Waals surface area contributed by atoms with E-state index in [1.54, 1.807) is 0 Å². The van der Waals surface area contributed by atoms with Crippen molar-refractivity contribution in [3.05, 3.63) is 39.6 Å². The number of nitrogens with zero attached hydrogens (tertiary/aromatic N) is 2. The molecule has 0 aliphatic rings. The zero-order valence-electron chi connectivity index (χ0n) is 12.4. The zero-order valence-corrected chi connectivity index (χ0v) is 14.8. The highest BCUT2D eigenvalue weighted by atomic mass is 35.5. The van der Waals surface area contributed by atoms with Gasteiger partial charge in [0.15, 0.2) is 0 Å².